The van der Waals surface area contributed by atoms with Crippen LogP contribution in [-0.4, -0.2) is 54.9 Å². The summed E-state index contributed by atoms with van der Waals surface area (Å²) in [5.41, 5.74) is 9.52. The smallest absolute Gasteiger partial charge is 0.433 e. The van der Waals surface area contributed by atoms with Crippen molar-refractivity contribution in [1.82, 2.24) is 14.9 Å². The number of hydrogen-bond acceptors (Lipinski definition) is 8. The number of nitrogens with two attached hydrogens (primary N) is 2. The molecule has 1 aromatic carbocycles. The predicted molar refractivity (Wildman–Crippen MR) is 135 cm³/mol. The molecule has 3 rings (SSSR count). The van der Waals surface area contributed by atoms with Gasteiger partial charge in [0.15, 0.2) is 0 Å². The van der Waals surface area contributed by atoms with Gasteiger partial charge in [-0.05, 0) is 48.3 Å². The molecule has 0 aliphatic heterocycles. The Morgan fingerprint density at radius 3 is 2.49 bits per heavy atom. The summed E-state index contributed by atoms with van der Waals surface area (Å²) in [6.07, 6.45) is -4.33. The van der Waals surface area contributed by atoms with Gasteiger partial charge in [0.2, 0.25) is 5.96 Å². The van der Waals surface area contributed by atoms with Crippen molar-refractivity contribution in [3.05, 3.63) is 53.2 Å². The van der Waals surface area contributed by atoms with Gasteiger partial charge in [-0.1, -0.05) is 12.1 Å². The van der Waals surface area contributed by atoms with E-state index in [0.717, 1.165) is 0 Å². The summed E-state index contributed by atoms with van der Waals surface area (Å²) in [4.78, 5) is 16.8. The molecule has 0 bridgehead atoms. The summed E-state index contributed by atoms with van der Waals surface area (Å²) in [5.74, 6) is -1.10. The maximum atomic E-state index is 13.1. The third-order valence-corrected chi connectivity index (χ3v) is 8.21. The lowest BCUT2D eigenvalue weighted by atomic mass is 10.1. The molecule has 1 atom stereocenters. The number of carboxylic acids is 1. The van der Waals surface area contributed by atoms with E-state index >= 15 is 0 Å². The van der Waals surface area contributed by atoms with Crippen LogP contribution in [0.25, 0.3) is 10.6 Å². The zero-order valence-corrected chi connectivity index (χ0v) is 22.0. The van der Waals surface area contributed by atoms with E-state index in [2.05, 4.69) is 15.0 Å². The summed E-state index contributed by atoms with van der Waals surface area (Å²) < 4.78 is 72.4. The molecule has 2 aromatic heterocycles. The largest absolute Gasteiger partial charge is 0.493 e. The Labute approximate surface area is 224 Å². The number of ether oxygens (including phenoxy) is 1. The quantitative estimate of drug-likeness (QED) is 0.0860. The average molecular weight is 591 g/mol. The maximum Gasteiger partial charge on any atom is 0.433 e. The highest BCUT2D eigenvalue weighted by atomic mass is 32.2. The lowest BCUT2D eigenvalue weighted by Gasteiger charge is -2.14. The van der Waals surface area contributed by atoms with Crippen LogP contribution >= 0.6 is 11.3 Å². The number of carboxylic acid groups (broad SMARTS) is 1. The molecule has 7 N–H and O–H groups in total. The average Bonchev–Trinajstić information content (AvgIpc) is 3.48. The molecule has 0 fully saturated rings. The lowest BCUT2D eigenvalue weighted by molar-refractivity contribution is -0.141. The van der Waals surface area contributed by atoms with Gasteiger partial charge in [0.25, 0.3) is 10.0 Å². The van der Waals surface area contributed by atoms with E-state index in [4.69, 9.17) is 21.0 Å². The summed E-state index contributed by atoms with van der Waals surface area (Å²) >= 11 is 0.669. The number of halogens is 3. The van der Waals surface area contributed by atoms with E-state index in [1.807, 2.05) is 5.10 Å². The molecule has 17 heteroatoms. The third kappa shape index (κ3) is 8.08. The standard InChI is InChI=1S/C22H25F3N6O6S2/c1-12-18(28-29-19(12)22(23,24)25)16-7-8-17(38-16)39(34,35)31-15(20(32)33)11-13-3-5-14(6-4-13)36-9-2-10-37-30-21(26)27/h3-8,15,31H,2,9-11H2,1H3,(H,28,29)(H,32,33)(H4,26,27,30)/t15-/m0/s1. The number of nitrogens with one attached hydrogen (secondary N) is 2. The minimum absolute atomic E-state index is 0.0489. The van der Waals surface area contributed by atoms with Crippen LogP contribution in [0.1, 0.15) is 23.2 Å². The molecule has 0 aliphatic carbocycles. The van der Waals surface area contributed by atoms with Crippen molar-refractivity contribution in [2.45, 2.75) is 36.2 Å². The maximum absolute atomic E-state index is 13.1. The van der Waals surface area contributed by atoms with Crippen LogP contribution < -0.4 is 20.9 Å². The van der Waals surface area contributed by atoms with Gasteiger partial charge in [-0.2, -0.15) is 23.0 Å². The number of oxime groups is 1. The van der Waals surface area contributed by atoms with E-state index in [0.29, 0.717) is 35.7 Å². The normalized spacial score (nSPS) is 12.6. The molecule has 0 radical (unpaired) electrons. The summed E-state index contributed by atoms with van der Waals surface area (Å²) in [7, 11) is -4.31. The van der Waals surface area contributed by atoms with Gasteiger partial charge in [-0.25, -0.2) is 8.42 Å². The number of rotatable bonds is 13. The number of sulfonamides is 1. The number of thiophene rings is 1. The molecule has 39 heavy (non-hydrogen) atoms. The van der Waals surface area contributed by atoms with Gasteiger partial charge in [0.1, 0.15) is 34.0 Å². The Hall–Kier alpha value is -3.83. The molecule has 212 valence electrons. The second-order valence-electron chi connectivity index (χ2n) is 8.10. The van der Waals surface area contributed by atoms with E-state index in [9.17, 15) is 31.5 Å². The molecule has 0 unspecified atom stereocenters. The van der Waals surface area contributed by atoms with Crippen LogP contribution in [0.2, 0.25) is 0 Å². The van der Waals surface area contributed by atoms with Gasteiger partial charge in [0, 0.05) is 12.0 Å². The Morgan fingerprint density at radius 1 is 1.21 bits per heavy atom. The zero-order valence-electron chi connectivity index (χ0n) is 20.4. The fraction of sp³-hybridized carbons (Fsp3) is 0.318. The number of H-pyrrole nitrogens is 1. The lowest BCUT2D eigenvalue weighted by Crippen LogP contribution is -2.42. The Kier molecular flexibility index (Phi) is 9.41. The Morgan fingerprint density at radius 2 is 1.90 bits per heavy atom. The second-order valence-corrected chi connectivity index (χ2v) is 11.1. The minimum atomic E-state index is -4.65. The van der Waals surface area contributed by atoms with Crippen molar-refractivity contribution in [2.75, 3.05) is 13.2 Å². The van der Waals surface area contributed by atoms with E-state index in [1.54, 1.807) is 24.3 Å². The summed E-state index contributed by atoms with van der Waals surface area (Å²) in [6, 6.07) is 7.37. The molecule has 0 saturated heterocycles. The van der Waals surface area contributed by atoms with Gasteiger partial charge in [0.05, 0.1) is 11.5 Å². The van der Waals surface area contributed by atoms with Gasteiger partial charge in [-0.15, -0.1) is 11.3 Å². The number of carbonyl (C=O) groups is 1. The third-order valence-electron chi connectivity index (χ3n) is 5.15. The first kappa shape index (κ1) is 29.7. The molecule has 0 spiro atoms. The molecular formula is C22H25F3N6O6S2. The first-order chi connectivity index (χ1) is 18.3. The number of aliphatic carboxylic acids is 1. The zero-order chi connectivity index (χ0) is 28.8. The van der Waals surface area contributed by atoms with Crippen molar-refractivity contribution in [3.8, 4) is 16.3 Å². The first-order valence-corrected chi connectivity index (χ1v) is 13.5. The highest BCUT2D eigenvalue weighted by molar-refractivity contribution is 7.91. The topological polar surface area (TPSA) is 195 Å². The molecule has 0 saturated carbocycles. The van der Waals surface area contributed by atoms with Crippen molar-refractivity contribution < 1.29 is 41.1 Å². The Bertz CT molecular complexity index is 1420. The van der Waals surface area contributed by atoms with Gasteiger partial charge < -0.3 is 26.1 Å². The fourth-order valence-corrected chi connectivity index (χ4v) is 5.88. The highest BCUT2D eigenvalue weighted by Gasteiger charge is 2.36. The number of benzene rings is 1. The molecule has 2 heterocycles. The van der Waals surface area contributed by atoms with Gasteiger partial charge >= 0.3 is 12.1 Å². The van der Waals surface area contributed by atoms with Gasteiger partial charge in [-0.3, -0.25) is 9.89 Å². The minimum Gasteiger partial charge on any atom is -0.493 e. The number of nitrogens with zero attached hydrogens (tertiary/aromatic N) is 2. The van der Waals surface area contributed by atoms with Crippen molar-refractivity contribution in [1.29, 1.82) is 0 Å². The molecule has 0 aliphatic rings. The van der Waals surface area contributed by atoms with Crippen LogP contribution in [0.4, 0.5) is 13.2 Å². The fourth-order valence-electron chi connectivity index (χ4n) is 3.32. The second kappa shape index (κ2) is 12.4. The summed E-state index contributed by atoms with van der Waals surface area (Å²) in [5, 5.41) is 18.6. The number of aromatic nitrogens is 2. The molecule has 12 nitrogen and oxygen atoms in total. The van der Waals surface area contributed by atoms with E-state index in [-0.39, 0.29) is 39.3 Å². The summed E-state index contributed by atoms with van der Waals surface area (Å²) in [6.45, 7) is 1.75. The van der Waals surface area contributed by atoms with Crippen LogP contribution in [0.3, 0.4) is 0 Å². The first-order valence-electron chi connectivity index (χ1n) is 11.2. The van der Waals surface area contributed by atoms with Crippen molar-refractivity contribution in [3.63, 3.8) is 0 Å². The SMILES string of the molecule is Cc1c(-c2ccc(S(=O)(=O)N[C@@H](Cc3ccc(OCCCON=C(N)N)cc3)C(=O)O)s2)n[nH]c1C(F)(F)F. The monoisotopic (exact) mass is 590 g/mol. The molecule has 3 aromatic rings. The van der Waals surface area contributed by atoms with Crippen molar-refractivity contribution in [2.24, 2.45) is 16.6 Å². The number of aromatic amines is 1. The Balaban J connectivity index is 1.63. The molecular weight excluding hydrogens is 565 g/mol. The molecule has 0 amide bonds. The van der Waals surface area contributed by atoms with Crippen molar-refractivity contribution >= 4 is 33.3 Å². The predicted octanol–water partition coefficient (Wildman–Crippen LogP) is 2.41. The highest BCUT2D eigenvalue weighted by Crippen LogP contribution is 2.37. The van der Waals surface area contributed by atoms with Crippen LogP contribution in [0, 0.1) is 6.92 Å². The van der Waals surface area contributed by atoms with Crippen LogP contribution in [0.5, 0.6) is 5.75 Å². The van der Waals surface area contributed by atoms with Crippen LogP contribution in [0.15, 0.2) is 45.8 Å². The number of hydrogen-bond donors (Lipinski definition) is 5. The number of guanidine groups is 1. The van der Waals surface area contributed by atoms with E-state index in [1.165, 1.54) is 19.1 Å². The van der Waals surface area contributed by atoms with E-state index < -0.39 is 33.9 Å². The number of alkyl halides is 3. The van der Waals surface area contributed by atoms with Crippen LogP contribution in [-0.2, 0) is 32.3 Å².